The zero-order valence-electron chi connectivity index (χ0n) is 12.0. The molecule has 0 saturated carbocycles. The fourth-order valence-electron chi connectivity index (χ4n) is 2.85. The van der Waals surface area contributed by atoms with Gasteiger partial charge in [-0.1, -0.05) is 12.1 Å². The van der Waals surface area contributed by atoms with E-state index in [1.807, 2.05) is 30.1 Å². The van der Waals surface area contributed by atoms with E-state index >= 15 is 0 Å². The van der Waals surface area contributed by atoms with E-state index in [0.29, 0.717) is 5.25 Å². The molecular formula is C17H17N3OS. The summed E-state index contributed by atoms with van der Waals surface area (Å²) in [4.78, 5) is 1.27. The largest absolute Gasteiger partial charge is 0.508 e. The van der Waals surface area contributed by atoms with Crippen molar-refractivity contribution in [2.45, 2.75) is 16.6 Å². The Bertz CT molecular complexity index is 791. The van der Waals surface area contributed by atoms with Crippen LogP contribution in [0.2, 0.25) is 0 Å². The number of nitrogens with one attached hydrogen (secondary N) is 2. The average Bonchev–Trinajstić information content (AvgIpc) is 3.19. The van der Waals surface area contributed by atoms with Crippen LogP contribution in [0.4, 0.5) is 0 Å². The van der Waals surface area contributed by atoms with Crippen LogP contribution in [0, 0.1) is 0 Å². The molecule has 0 bridgehead atoms. The smallest absolute Gasteiger partial charge is 0.115 e. The molecule has 112 valence electrons. The van der Waals surface area contributed by atoms with Crippen LogP contribution in [0.1, 0.15) is 6.42 Å². The molecule has 0 aliphatic carbocycles. The molecule has 3 aromatic rings. The highest BCUT2D eigenvalue weighted by atomic mass is 32.2. The van der Waals surface area contributed by atoms with Crippen LogP contribution in [0.15, 0.2) is 47.5 Å². The van der Waals surface area contributed by atoms with E-state index in [9.17, 15) is 5.11 Å². The Balaban J connectivity index is 1.77. The monoisotopic (exact) mass is 311 g/mol. The first-order valence-electron chi connectivity index (χ1n) is 7.43. The van der Waals surface area contributed by atoms with Crippen molar-refractivity contribution in [3.8, 4) is 16.9 Å². The zero-order chi connectivity index (χ0) is 14.9. The fraction of sp³-hybridized carbons (Fsp3) is 0.235. The van der Waals surface area contributed by atoms with Gasteiger partial charge >= 0.3 is 0 Å². The second-order valence-corrected chi connectivity index (χ2v) is 6.93. The van der Waals surface area contributed by atoms with Crippen LogP contribution in [0.5, 0.6) is 5.75 Å². The van der Waals surface area contributed by atoms with Crippen LogP contribution in [-0.4, -0.2) is 33.6 Å². The minimum Gasteiger partial charge on any atom is -0.508 e. The molecule has 3 N–H and O–H groups in total. The second kappa shape index (κ2) is 5.66. The van der Waals surface area contributed by atoms with Crippen molar-refractivity contribution < 1.29 is 5.11 Å². The number of aromatic amines is 1. The van der Waals surface area contributed by atoms with Crippen LogP contribution in [0.25, 0.3) is 22.0 Å². The Morgan fingerprint density at radius 3 is 2.77 bits per heavy atom. The van der Waals surface area contributed by atoms with Crippen molar-refractivity contribution in [3.63, 3.8) is 0 Å². The predicted molar refractivity (Wildman–Crippen MR) is 90.3 cm³/mol. The van der Waals surface area contributed by atoms with Crippen molar-refractivity contribution in [1.82, 2.24) is 15.5 Å². The van der Waals surface area contributed by atoms with Gasteiger partial charge < -0.3 is 10.4 Å². The lowest BCUT2D eigenvalue weighted by Gasteiger charge is -2.11. The molecule has 4 rings (SSSR count). The van der Waals surface area contributed by atoms with E-state index in [1.165, 1.54) is 16.7 Å². The maximum absolute atomic E-state index is 9.46. The minimum absolute atomic E-state index is 0.290. The molecule has 1 saturated heterocycles. The maximum Gasteiger partial charge on any atom is 0.115 e. The van der Waals surface area contributed by atoms with Crippen molar-refractivity contribution >= 4 is 22.7 Å². The molecule has 0 spiro atoms. The van der Waals surface area contributed by atoms with Gasteiger partial charge in [-0.15, -0.1) is 11.8 Å². The summed E-state index contributed by atoms with van der Waals surface area (Å²) in [7, 11) is 0. The summed E-state index contributed by atoms with van der Waals surface area (Å²) in [5.74, 6) is 0.290. The molecule has 22 heavy (non-hydrogen) atoms. The quantitative estimate of drug-likeness (QED) is 0.694. The van der Waals surface area contributed by atoms with Gasteiger partial charge in [-0.2, -0.15) is 5.10 Å². The molecule has 1 unspecified atom stereocenters. The molecule has 2 heterocycles. The standard InChI is InChI=1S/C17H17N3OS/c21-13-3-1-11(2-4-13)12-7-16-15(10-19-20-16)17(8-12)22-14-5-6-18-9-14/h1-4,7-8,10,14,18,21H,5-6,9H2,(H,19,20). The van der Waals surface area contributed by atoms with E-state index in [4.69, 9.17) is 0 Å². The van der Waals surface area contributed by atoms with E-state index in [0.717, 1.165) is 29.7 Å². The van der Waals surface area contributed by atoms with Crippen molar-refractivity contribution in [2.24, 2.45) is 0 Å². The number of H-pyrrole nitrogens is 1. The Morgan fingerprint density at radius 1 is 1.14 bits per heavy atom. The van der Waals surface area contributed by atoms with Crippen molar-refractivity contribution in [2.75, 3.05) is 13.1 Å². The van der Waals surface area contributed by atoms with Gasteiger partial charge in [-0.25, -0.2) is 0 Å². The average molecular weight is 311 g/mol. The summed E-state index contributed by atoms with van der Waals surface area (Å²) in [6, 6.07) is 11.7. The number of aromatic nitrogens is 2. The zero-order valence-corrected chi connectivity index (χ0v) is 12.9. The summed E-state index contributed by atoms with van der Waals surface area (Å²) in [5.41, 5.74) is 3.30. The highest BCUT2D eigenvalue weighted by Crippen LogP contribution is 2.36. The fourth-order valence-corrected chi connectivity index (χ4v) is 4.13. The maximum atomic E-state index is 9.46. The van der Waals surface area contributed by atoms with Gasteiger partial charge in [-0.05, 0) is 48.4 Å². The lowest BCUT2D eigenvalue weighted by atomic mass is 10.0. The molecule has 0 amide bonds. The molecule has 2 aromatic carbocycles. The van der Waals surface area contributed by atoms with Crippen LogP contribution < -0.4 is 5.32 Å². The van der Waals surface area contributed by atoms with E-state index in [1.54, 1.807) is 12.1 Å². The number of aromatic hydroxyl groups is 1. The highest BCUT2D eigenvalue weighted by Gasteiger charge is 2.18. The van der Waals surface area contributed by atoms with Crippen LogP contribution in [0.3, 0.4) is 0 Å². The Morgan fingerprint density at radius 2 is 2.00 bits per heavy atom. The molecule has 1 aromatic heterocycles. The molecule has 5 heteroatoms. The third kappa shape index (κ3) is 2.58. The number of benzene rings is 2. The number of fused-ring (bicyclic) bond motifs is 1. The first kappa shape index (κ1) is 13.7. The van der Waals surface area contributed by atoms with Gasteiger partial charge in [0.2, 0.25) is 0 Å². The third-order valence-electron chi connectivity index (χ3n) is 4.03. The van der Waals surface area contributed by atoms with Gasteiger partial charge in [-0.3, -0.25) is 5.10 Å². The van der Waals surface area contributed by atoms with E-state index in [2.05, 4.69) is 27.6 Å². The van der Waals surface area contributed by atoms with Crippen LogP contribution >= 0.6 is 11.8 Å². The summed E-state index contributed by atoms with van der Waals surface area (Å²) in [6.07, 6.45) is 3.11. The van der Waals surface area contributed by atoms with E-state index < -0.39 is 0 Å². The molecular weight excluding hydrogens is 294 g/mol. The summed E-state index contributed by atoms with van der Waals surface area (Å²) in [5, 5.41) is 21.9. The number of phenols is 1. The first-order chi connectivity index (χ1) is 10.8. The first-order valence-corrected chi connectivity index (χ1v) is 8.31. The molecule has 1 aliphatic rings. The number of hydrogen-bond donors (Lipinski definition) is 3. The molecule has 0 radical (unpaired) electrons. The number of rotatable bonds is 3. The SMILES string of the molecule is Oc1ccc(-c2cc(SC3CCNC3)c3cn[nH]c3c2)cc1. The van der Waals surface area contributed by atoms with Crippen molar-refractivity contribution in [1.29, 1.82) is 0 Å². The van der Waals surface area contributed by atoms with Crippen LogP contribution in [-0.2, 0) is 0 Å². The summed E-state index contributed by atoms with van der Waals surface area (Å²) < 4.78 is 0. The normalized spacial score (nSPS) is 18.1. The third-order valence-corrected chi connectivity index (χ3v) is 5.36. The molecule has 4 nitrogen and oxygen atoms in total. The van der Waals surface area contributed by atoms with Gasteiger partial charge in [0.25, 0.3) is 0 Å². The highest BCUT2D eigenvalue weighted by molar-refractivity contribution is 8.00. The van der Waals surface area contributed by atoms with Crippen molar-refractivity contribution in [3.05, 3.63) is 42.6 Å². The number of thioether (sulfide) groups is 1. The van der Waals surface area contributed by atoms with E-state index in [-0.39, 0.29) is 5.75 Å². The number of nitrogens with zero attached hydrogens (tertiary/aromatic N) is 1. The van der Waals surface area contributed by atoms with Gasteiger partial charge in [0.05, 0.1) is 11.7 Å². The topological polar surface area (TPSA) is 60.9 Å². The molecule has 1 atom stereocenters. The Labute approximate surface area is 132 Å². The predicted octanol–water partition coefficient (Wildman–Crippen LogP) is 3.39. The Hall–Kier alpha value is -1.98. The lowest BCUT2D eigenvalue weighted by molar-refractivity contribution is 0.475. The van der Waals surface area contributed by atoms with Gasteiger partial charge in [0.15, 0.2) is 0 Å². The van der Waals surface area contributed by atoms with Gasteiger partial charge in [0.1, 0.15) is 5.75 Å². The minimum atomic E-state index is 0.290. The summed E-state index contributed by atoms with van der Waals surface area (Å²) >= 11 is 1.93. The van der Waals surface area contributed by atoms with Gasteiger partial charge in [0, 0.05) is 22.1 Å². The lowest BCUT2D eigenvalue weighted by Crippen LogP contribution is -2.09. The summed E-state index contributed by atoms with van der Waals surface area (Å²) in [6.45, 7) is 2.16. The number of hydrogen-bond acceptors (Lipinski definition) is 4. The second-order valence-electron chi connectivity index (χ2n) is 5.59. The molecule has 1 aliphatic heterocycles. The Kier molecular flexibility index (Phi) is 3.52. The number of phenolic OH excluding ortho intramolecular Hbond substituents is 1. The molecule has 1 fully saturated rings.